The van der Waals surface area contributed by atoms with Crippen LogP contribution < -0.4 is 4.74 Å². The number of carbonyl (C=O) groups excluding carboxylic acids is 1. The molecular formula is C17H14Cl2O4. The number of ether oxygens (including phenoxy) is 1. The summed E-state index contributed by atoms with van der Waals surface area (Å²) < 4.78 is 5.51. The van der Waals surface area contributed by atoms with E-state index in [-0.39, 0.29) is 33.6 Å². The summed E-state index contributed by atoms with van der Waals surface area (Å²) in [4.78, 5) is 23.2. The maximum atomic E-state index is 11.8. The van der Waals surface area contributed by atoms with Crippen LogP contribution in [0.1, 0.15) is 35.4 Å². The SMILES string of the molecule is CCC(=O)c1ccc(OC(C(=O)O)c2ccccc2)c(Cl)c1Cl. The summed E-state index contributed by atoms with van der Waals surface area (Å²) in [6, 6.07) is 11.4. The molecule has 0 bridgehead atoms. The monoisotopic (exact) mass is 352 g/mol. The van der Waals surface area contributed by atoms with E-state index in [1.54, 1.807) is 37.3 Å². The normalized spacial score (nSPS) is 11.8. The Bertz CT molecular complexity index is 729. The molecule has 0 aromatic heterocycles. The van der Waals surface area contributed by atoms with Crippen molar-refractivity contribution in [2.24, 2.45) is 0 Å². The fourth-order valence-electron chi connectivity index (χ4n) is 2.04. The van der Waals surface area contributed by atoms with Crippen molar-refractivity contribution in [3.63, 3.8) is 0 Å². The molecule has 0 saturated heterocycles. The highest BCUT2D eigenvalue weighted by molar-refractivity contribution is 6.44. The number of carboxylic acids is 1. The summed E-state index contributed by atoms with van der Waals surface area (Å²) in [5.41, 5.74) is 0.763. The number of Topliss-reactive ketones (excluding diaryl/α,β-unsaturated/α-hetero) is 1. The lowest BCUT2D eigenvalue weighted by Gasteiger charge is -2.17. The van der Waals surface area contributed by atoms with Gasteiger partial charge in [-0.1, -0.05) is 60.5 Å². The van der Waals surface area contributed by atoms with Crippen molar-refractivity contribution in [3.05, 3.63) is 63.6 Å². The Morgan fingerprint density at radius 1 is 1.09 bits per heavy atom. The predicted molar refractivity (Wildman–Crippen MR) is 88.5 cm³/mol. The van der Waals surface area contributed by atoms with Crippen LogP contribution in [0.5, 0.6) is 5.75 Å². The summed E-state index contributed by atoms with van der Waals surface area (Å²) in [7, 11) is 0. The zero-order chi connectivity index (χ0) is 17.0. The molecule has 1 unspecified atom stereocenters. The highest BCUT2D eigenvalue weighted by Crippen LogP contribution is 2.37. The van der Waals surface area contributed by atoms with Gasteiger partial charge in [0.15, 0.2) is 5.78 Å². The second-order valence-corrected chi connectivity index (χ2v) is 5.52. The highest BCUT2D eigenvalue weighted by Gasteiger charge is 2.24. The predicted octanol–water partition coefficient (Wildman–Crippen LogP) is 4.79. The van der Waals surface area contributed by atoms with Crippen LogP contribution in [0.4, 0.5) is 0 Å². The molecule has 1 N–H and O–H groups in total. The van der Waals surface area contributed by atoms with E-state index < -0.39 is 12.1 Å². The van der Waals surface area contributed by atoms with E-state index in [4.69, 9.17) is 27.9 Å². The summed E-state index contributed by atoms with van der Waals surface area (Å²) in [6.07, 6.45) is -0.935. The number of hydrogen-bond donors (Lipinski definition) is 1. The molecule has 120 valence electrons. The Hall–Kier alpha value is -2.04. The van der Waals surface area contributed by atoms with Crippen LogP contribution in [0.15, 0.2) is 42.5 Å². The van der Waals surface area contributed by atoms with Gasteiger partial charge in [-0.3, -0.25) is 4.79 Å². The molecule has 0 aliphatic carbocycles. The molecule has 0 aliphatic heterocycles. The minimum absolute atomic E-state index is 0.0214. The molecule has 0 saturated carbocycles. The number of hydrogen-bond acceptors (Lipinski definition) is 3. The topological polar surface area (TPSA) is 63.6 Å². The van der Waals surface area contributed by atoms with Crippen LogP contribution in [-0.4, -0.2) is 16.9 Å². The first-order valence-corrected chi connectivity index (χ1v) is 7.66. The van der Waals surface area contributed by atoms with E-state index in [0.29, 0.717) is 5.56 Å². The lowest BCUT2D eigenvalue weighted by Crippen LogP contribution is -2.18. The maximum Gasteiger partial charge on any atom is 0.349 e. The van der Waals surface area contributed by atoms with Gasteiger partial charge in [0.25, 0.3) is 0 Å². The Labute approximate surface area is 143 Å². The van der Waals surface area contributed by atoms with E-state index in [1.165, 1.54) is 12.1 Å². The lowest BCUT2D eigenvalue weighted by molar-refractivity contribution is -0.145. The number of carboxylic acid groups (broad SMARTS) is 1. The Morgan fingerprint density at radius 2 is 1.74 bits per heavy atom. The first-order valence-electron chi connectivity index (χ1n) is 6.91. The quantitative estimate of drug-likeness (QED) is 0.759. The van der Waals surface area contributed by atoms with Gasteiger partial charge >= 0.3 is 5.97 Å². The Morgan fingerprint density at radius 3 is 2.30 bits per heavy atom. The molecule has 2 aromatic carbocycles. The second-order valence-electron chi connectivity index (χ2n) is 4.76. The van der Waals surface area contributed by atoms with Crippen molar-refractivity contribution in [2.75, 3.05) is 0 Å². The van der Waals surface area contributed by atoms with E-state index in [1.807, 2.05) is 0 Å². The van der Waals surface area contributed by atoms with Gasteiger partial charge in [-0.15, -0.1) is 0 Å². The minimum Gasteiger partial charge on any atom is -0.478 e. The van der Waals surface area contributed by atoms with E-state index >= 15 is 0 Å². The van der Waals surface area contributed by atoms with E-state index in [0.717, 1.165) is 0 Å². The number of ketones is 1. The van der Waals surface area contributed by atoms with Crippen LogP contribution in [0.25, 0.3) is 0 Å². The standard InChI is InChI=1S/C17H14Cl2O4/c1-2-12(20)11-8-9-13(15(19)14(11)18)23-16(17(21)22)10-6-4-3-5-7-10/h3-9,16H,2H2,1H3,(H,21,22). The van der Waals surface area contributed by atoms with Gasteiger partial charge in [0.05, 0.1) is 5.02 Å². The molecule has 4 nitrogen and oxygen atoms in total. The van der Waals surface area contributed by atoms with Gasteiger partial charge in [-0.25, -0.2) is 4.79 Å². The second kappa shape index (κ2) is 7.49. The van der Waals surface area contributed by atoms with Gasteiger partial charge in [0.1, 0.15) is 10.8 Å². The van der Waals surface area contributed by atoms with Gasteiger partial charge in [-0.2, -0.15) is 0 Å². The molecule has 0 radical (unpaired) electrons. The molecule has 0 amide bonds. The Kier molecular flexibility index (Phi) is 5.64. The third-order valence-corrected chi connectivity index (χ3v) is 4.10. The fourth-order valence-corrected chi connectivity index (χ4v) is 2.52. The number of benzene rings is 2. The minimum atomic E-state index is -1.22. The molecule has 23 heavy (non-hydrogen) atoms. The van der Waals surface area contributed by atoms with Crippen molar-refractivity contribution in [3.8, 4) is 5.75 Å². The highest BCUT2D eigenvalue weighted by atomic mass is 35.5. The number of aliphatic carboxylic acids is 1. The van der Waals surface area contributed by atoms with Crippen molar-refractivity contribution in [1.29, 1.82) is 0 Å². The van der Waals surface area contributed by atoms with Crippen LogP contribution in [0, 0.1) is 0 Å². The number of carbonyl (C=O) groups is 2. The zero-order valence-electron chi connectivity index (χ0n) is 12.3. The van der Waals surface area contributed by atoms with Gasteiger partial charge in [0.2, 0.25) is 6.10 Å². The molecule has 1 atom stereocenters. The van der Waals surface area contributed by atoms with Crippen molar-refractivity contribution in [2.45, 2.75) is 19.4 Å². The Balaban J connectivity index is 2.37. The van der Waals surface area contributed by atoms with Gasteiger partial charge in [-0.05, 0) is 12.1 Å². The fraction of sp³-hybridized carbons (Fsp3) is 0.176. The third-order valence-electron chi connectivity index (χ3n) is 3.24. The average Bonchev–Trinajstić information content (AvgIpc) is 2.56. The largest absolute Gasteiger partial charge is 0.478 e. The molecule has 0 fully saturated rings. The van der Waals surface area contributed by atoms with E-state index in [2.05, 4.69) is 0 Å². The average molecular weight is 353 g/mol. The molecule has 2 aromatic rings. The molecule has 2 rings (SSSR count). The van der Waals surface area contributed by atoms with Crippen LogP contribution in [0.2, 0.25) is 10.0 Å². The molecular weight excluding hydrogens is 339 g/mol. The van der Waals surface area contributed by atoms with Crippen LogP contribution in [0.3, 0.4) is 0 Å². The van der Waals surface area contributed by atoms with Gasteiger partial charge < -0.3 is 9.84 Å². The van der Waals surface area contributed by atoms with Crippen molar-refractivity contribution >= 4 is 35.0 Å². The first kappa shape index (κ1) is 17.3. The summed E-state index contributed by atoms with van der Waals surface area (Å²) >= 11 is 12.2. The van der Waals surface area contributed by atoms with Crippen LogP contribution in [-0.2, 0) is 4.79 Å². The maximum absolute atomic E-state index is 11.8. The first-order chi connectivity index (χ1) is 11.0. The summed E-state index contributed by atoms with van der Waals surface area (Å²) in [5.74, 6) is -1.20. The zero-order valence-corrected chi connectivity index (χ0v) is 13.8. The lowest BCUT2D eigenvalue weighted by atomic mass is 10.1. The molecule has 6 heteroatoms. The molecule has 0 heterocycles. The smallest absolute Gasteiger partial charge is 0.349 e. The molecule has 0 spiro atoms. The summed E-state index contributed by atoms with van der Waals surface area (Å²) in [6.45, 7) is 1.72. The molecule has 0 aliphatic rings. The summed E-state index contributed by atoms with van der Waals surface area (Å²) in [5, 5.41) is 9.46. The van der Waals surface area contributed by atoms with Crippen molar-refractivity contribution in [1.82, 2.24) is 0 Å². The van der Waals surface area contributed by atoms with E-state index in [9.17, 15) is 14.7 Å². The third kappa shape index (κ3) is 3.84. The van der Waals surface area contributed by atoms with Crippen LogP contribution >= 0.6 is 23.2 Å². The van der Waals surface area contributed by atoms with Gasteiger partial charge in [0, 0.05) is 17.5 Å². The van der Waals surface area contributed by atoms with Crippen molar-refractivity contribution < 1.29 is 19.4 Å². The number of rotatable bonds is 6. The number of halogens is 2.